The van der Waals surface area contributed by atoms with Crippen LogP contribution >= 0.6 is 23.4 Å². The Labute approximate surface area is 121 Å². The van der Waals surface area contributed by atoms with E-state index in [2.05, 4.69) is 5.10 Å². The van der Waals surface area contributed by atoms with Gasteiger partial charge in [0.2, 0.25) is 0 Å². The number of hydrogen-bond acceptors (Lipinski definition) is 3. The zero-order valence-electron chi connectivity index (χ0n) is 10.5. The molecule has 1 aromatic heterocycles. The second-order valence-electron chi connectivity index (χ2n) is 4.54. The van der Waals surface area contributed by atoms with Crippen molar-refractivity contribution in [2.45, 2.75) is 19.1 Å². The Balaban J connectivity index is 1.68. The van der Waals surface area contributed by atoms with E-state index < -0.39 is 0 Å². The molecule has 1 aromatic carbocycles. The standard InChI is InChI=1S/C14H15ClN2OS/c15-14-13(18-9-11-4-2-1-3-5-11)8-16-17(14)12-6-7-19-10-12/h1-5,8,12H,6-7,9-10H2. The van der Waals surface area contributed by atoms with Gasteiger partial charge in [-0.15, -0.1) is 0 Å². The molecule has 1 unspecified atom stereocenters. The van der Waals surface area contributed by atoms with Gasteiger partial charge in [0.15, 0.2) is 10.9 Å². The molecule has 19 heavy (non-hydrogen) atoms. The highest BCUT2D eigenvalue weighted by Gasteiger charge is 2.22. The normalized spacial score (nSPS) is 18.7. The molecule has 100 valence electrons. The van der Waals surface area contributed by atoms with Crippen molar-refractivity contribution in [3.8, 4) is 5.75 Å². The van der Waals surface area contributed by atoms with Crippen LogP contribution in [0.15, 0.2) is 36.5 Å². The summed E-state index contributed by atoms with van der Waals surface area (Å²) in [7, 11) is 0. The molecule has 1 fully saturated rings. The Morgan fingerprint density at radius 2 is 2.21 bits per heavy atom. The van der Waals surface area contributed by atoms with E-state index >= 15 is 0 Å². The molecular formula is C14H15ClN2OS. The molecule has 3 rings (SSSR count). The Morgan fingerprint density at radius 1 is 1.37 bits per heavy atom. The number of rotatable bonds is 4. The lowest BCUT2D eigenvalue weighted by Gasteiger charge is -2.10. The van der Waals surface area contributed by atoms with Crippen molar-refractivity contribution >= 4 is 23.4 Å². The largest absolute Gasteiger partial charge is 0.484 e. The number of halogens is 1. The van der Waals surface area contributed by atoms with Gasteiger partial charge in [-0.2, -0.15) is 16.9 Å². The van der Waals surface area contributed by atoms with Crippen LogP contribution in [0.3, 0.4) is 0 Å². The van der Waals surface area contributed by atoms with E-state index in [0.717, 1.165) is 17.7 Å². The minimum Gasteiger partial charge on any atom is -0.484 e. The van der Waals surface area contributed by atoms with E-state index in [-0.39, 0.29) is 0 Å². The van der Waals surface area contributed by atoms with Crippen molar-refractivity contribution < 1.29 is 4.74 Å². The van der Waals surface area contributed by atoms with E-state index in [1.807, 2.05) is 46.8 Å². The van der Waals surface area contributed by atoms with Crippen molar-refractivity contribution in [3.63, 3.8) is 0 Å². The molecule has 1 aliphatic rings. The quantitative estimate of drug-likeness (QED) is 0.858. The SMILES string of the molecule is Clc1c(OCc2ccccc2)cnn1C1CCSC1. The third-order valence-electron chi connectivity index (χ3n) is 3.19. The maximum absolute atomic E-state index is 6.34. The number of ether oxygens (including phenoxy) is 1. The minimum atomic E-state index is 0.409. The molecule has 2 heterocycles. The number of aromatic nitrogens is 2. The first-order chi connectivity index (χ1) is 9.34. The van der Waals surface area contributed by atoms with E-state index in [1.165, 1.54) is 5.75 Å². The Kier molecular flexibility index (Phi) is 3.99. The molecule has 2 aromatic rings. The lowest BCUT2D eigenvalue weighted by molar-refractivity contribution is 0.305. The van der Waals surface area contributed by atoms with Gasteiger partial charge in [0.05, 0.1) is 12.2 Å². The van der Waals surface area contributed by atoms with Crippen LogP contribution in [0.1, 0.15) is 18.0 Å². The molecule has 1 aliphatic heterocycles. The Hall–Kier alpha value is -1.13. The van der Waals surface area contributed by atoms with Crippen molar-refractivity contribution in [3.05, 3.63) is 47.2 Å². The molecule has 0 bridgehead atoms. The molecule has 0 aliphatic carbocycles. The topological polar surface area (TPSA) is 27.1 Å². The summed E-state index contributed by atoms with van der Waals surface area (Å²) in [6.07, 6.45) is 2.85. The number of benzene rings is 1. The monoisotopic (exact) mass is 294 g/mol. The Bertz CT molecular complexity index is 538. The number of hydrogen-bond donors (Lipinski definition) is 0. The molecule has 0 N–H and O–H groups in total. The molecule has 0 spiro atoms. The molecule has 5 heteroatoms. The van der Waals surface area contributed by atoms with Crippen LogP contribution in [0.2, 0.25) is 5.15 Å². The van der Waals surface area contributed by atoms with Crippen LogP contribution in [-0.2, 0) is 6.61 Å². The van der Waals surface area contributed by atoms with Gasteiger partial charge in [-0.25, -0.2) is 4.68 Å². The third kappa shape index (κ3) is 2.90. The summed E-state index contributed by atoms with van der Waals surface area (Å²) in [5.74, 6) is 2.93. The highest BCUT2D eigenvalue weighted by Crippen LogP contribution is 2.33. The summed E-state index contributed by atoms with van der Waals surface area (Å²) >= 11 is 8.28. The minimum absolute atomic E-state index is 0.409. The summed E-state index contributed by atoms with van der Waals surface area (Å²) < 4.78 is 7.63. The molecule has 0 amide bonds. The highest BCUT2D eigenvalue weighted by atomic mass is 35.5. The Morgan fingerprint density at radius 3 is 2.95 bits per heavy atom. The highest BCUT2D eigenvalue weighted by molar-refractivity contribution is 7.99. The van der Waals surface area contributed by atoms with Crippen LogP contribution in [0.4, 0.5) is 0 Å². The van der Waals surface area contributed by atoms with E-state index in [9.17, 15) is 0 Å². The van der Waals surface area contributed by atoms with Crippen LogP contribution in [0.25, 0.3) is 0 Å². The predicted octanol–water partition coefficient (Wildman–Crippen LogP) is 3.79. The van der Waals surface area contributed by atoms with E-state index in [1.54, 1.807) is 6.20 Å². The molecule has 0 saturated carbocycles. The fourth-order valence-corrected chi connectivity index (χ4v) is 3.60. The maximum Gasteiger partial charge on any atom is 0.176 e. The second-order valence-corrected chi connectivity index (χ2v) is 6.04. The summed E-state index contributed by atoms with van der Waals surface area (Å²) in [4.78, 5) is 0. The summed E-state index contributed by atoms with van der Waals surface area (Å²) in [5.41, 5.74) is 1.13. The lowest BCUT2D eigenvalue weighted by Crippen LogP contribution is -2.09. The van der Waals surface area contributed by atoms with Gasteiger partial charge in [-0.1, -0.05) is 41.9 Å². The summed E-state index contributed by atoms with van der Waals surface area (Å²) in [6.45, 7) is 0.520. The van der Waals surface area contributed by atoms with Crippen LogP contribution in [0, 0.1) is 0 Å². The molecule has 0 radical (unpaired) electrons. The first-order valence-corrected chi connectivity index (χ1v) is 7.85. The lowest BCUT2D eigenvalue weighted by atomic mass is 10.2. The number of nitrogens with zero attached hydrogens (tertiary/aromatic N) is 2. The van der Waals surface area contributed by atoms with Gasteiger partial charge >= 0.3 is 0 Å². The molecule has 1 atom stereocenters. The van der Waals surface area contributed by atoms with Gasteiger partial charge < -0.3 is 4.74 Å². The summed E-state index contributed by atoms with van der Waals surface area (Å²) in [6, 6.07) is 10.5. The first kappa shape index (κ1) is 12.9. The van der Waals surface area contributed by atoms with Gasteiger partial charge in [0.1, 0.15) is 6.61 Å². The van der Waals surface area contributed by atoms with Crippen LogP contribution in [-0.4, -0.2) is 21.3 Å². The first-order valence-electron chi connectivity index (χ1n) is 6.32. The second kappa shape index (κ2) is 5.88. The van der Waals surface area contributed by atoms with E-state index in [0.29, 0.717) is 23.6 Å². The fraction of sp³-hybridized carbons (Fsp3) is 0.357. The average Bonchev–Trinajstić information content (AvgIpc) is 3.07. The van der Waals surface area contributed by atoms with Gasteiger partial charge in [-0.05, 0) is 17.7 Å². The zero-order chi connectivity index (χ0) is 13.1. The summed E-state index contributed by atoms with van der Waals surface area (Å²) in [5, 5.41) is 4.97. The predicted molar refractivity (Wildman–Crippen MR) is 79.0 cm³/mol. The molecular weight excluding hydrogens is 280 g/mol. The van der Waals surface area contributed by atoms with Crippen molar-refractivity contribution in [2.24, 2.45) is 0 Å². The van der Waals surface area contributed by atoms with Gasteiger partial charge in [0.25, 0.3) is 0 Å². The smallest absolute Gasteiger partial charge is 0.176 e. The van der Waals surface area contributed by atoms with Crippen LogP contribution < -0.4 is 4.74 Å². The maximum atomic E-state index is 6.34. The van der Waals surface area contributed by atoms with Crippen molar-refractivity contribution in [1.29, 1.82) is 0 Å². The van der Waals surface area contributed by atoms with E-state index in [4.69, 9.17) is 16.3 Å². The zero-order valence-corrected chi connectivity index (χ0v) is 12.0. The number of thioether (sulfide) groups is 1. The van der Waals surface area contributed by atoms with Gasteiger partial charge in [-0.3, -0.25) is 0 Å². The fourth-order valence-electron chi connectivity index (χ4n) is 2.13. The molecule has 3 nitrogen and oxygen atoms in total. The third-order valence-corrected chi connectivity index (χ3v) is 4.70. The average molecular weight is 295 g/mol. The van der Waals surface area contributed by atoms with Gasteiger partial charge in [0, 0.05) is 5.75 Å². The van der Waals surface area contributed by atoms with Crippen molar-refractivity contribution in [2.75, 3.05) is 11.5 Å². The van der Waals surface area contributed by atoms with Crippen LogP contribution in [0.5, 0.6) is 5.75 Å². The molecule has 1 saturated heterocycles. The van der Waals surface area contributed by atoms with Crippen molar-refractivity contribution in [1.82, 2.24) is 9.78 Å².